The average molecular weight is 265 g/mol. The maximum absolute atomic E-state index is 9.46. The highest BCUT2D eigenvalue weighted by atomic mass is 32.2. The Balaban J connectivity index is 1.92. The zero-order chi connectivity index (χ0) is 13.1. The molecule has 1 aromatic carbocycles. The minimum absolute atomic E-state index is 0.158. The highest BCUT2D eigenvalue weighted by molar-refractivity contribution is 7.99. The van der Waals surface area contributed by atoms with Gasteiger partial charge in [-0.1, -0.05) is 29.3 Å². The molecule has 3 N–H and O–H groups in total. The zero-order valence-corrected chi connectivity index (χ0v) is 12.0. The van der Waals surface area contributed by atoms with Crippen LogP contribution in [0.15, 0.2) is 18.2 Å². The van der Waals surface area contributed by atoms with Gasteiger partial charge >= 0.3 is 0 Å². The third-order valence-corrected chi connectivity index (χ3v) is 4.91. The number of aryl methyl sites for hydroxylation is 2. The van der Waals surface area contributed by atoms with Crippen molar-refractivity contribution in [2.75, 3.05) is 6.61 Å². The lowest BCUT2D eigenvalue weighted by molar-refractivity contribution is 0.277. The van der Waals surface area contributed by atoms with Crippen molar-refractivity contribution in [1.29, 1.82) is 0 Å². The molecule has 1 saturated carbocycles. The van der Waals surface area contributed by atoms with Gasteiger partial charge < -0.3 is 10.8 Å². The quantitative estimate of drug-likeness (QED) is 0.831. The van der Waals surface area contributed by atoms with Crippen LogP contribution < -0.4 is 5.73 Å². The van der Waals surface area contributed by atoms with Crippen LogP contribution in [0.2, 0.25) is 0 Å². The lowest BCUT2D eigenvalue weighted by atomic mass is 10.1. The second kappa shape index (κ2) is 6.09. The molecule has 1 aliphatic rings. The maximum Gasteiger partial charge on any atom is 0.0565 e. The van der Waals surface area contributed by atoms with E-state index >= 15 is 0 Å². The van der Waals surface area contributed by atoms with Crippen LogP contribution in [-0.4, -0.2) is 23.0 Å². The van der Waals surface area contributed by atoms with E-state index in [0.717, 1.165) is 5.75 Å². The van der Waals surface area contributed by atoms with Gasteiger partial charge in [0.15, 0.2) is 0 Å². The van der Waals surface area contributed by atoms with Gasteiger partial charge in [0.1, 0.15) is 0 Å². The Morgan fingerprint density at radius 2 is 1.89 bits per heavy atom. The molecule has 0 spiro atoms. The molecule has 0 aliphatic heterocycles. The summed E-state index contributed by atoms with van der Waals surface area (Å²) in [6.45, 7) is 4.44. The topological polar surface area (TPSA) is 46.2 Å². The number of benzene rings is 1. The van der Waals surface area contributed by atoms with Gasteiger partial charge in [-0.15, -0.1) is 11.8 Å². The fourth-order valence-electron chi connectivity index (χ4n) is 2.43. The molecule has 3 heteroatoms. The van der Waals surface area contributed by atoms with E-state index in [2.05, 4.69) is 32.0 Å². The number of aliphatic hydroxyl groups excluding tert-OH is 1. The van der Waals surface area contributed by atoms with Crippen molar-refractivity contribution in [3.05, 3.63) is 34.9 Å². The first-order chi connectivity index (χ1) is 8.60. The van der Waals surface area contributed by atoms with Crippen molar-refractivity contribution >= 4 is 11.8 Å². The number of rotatable bonds is 6. The van der Waals surface area contributed by atoms with E-state index in [-0.39, 0.29) is 17.9 Å². The van der Waals surface area contributed by atoms with Crippen LogP contribution in [0.3, 0.4) is 0 Å². The molecule has 1 aliphatic carbocycles. The lowest BCUT2D eigenvalue weighted by Crippen LogP contribution is -2.37. The van der Waals surface area contributed by atoms with Crippen molar-refractivity contribution < 1.29 is 5.11 Å². The Morgan fingerprint density at radius 3 is 2.39 bits per heavy atom. The standard InChI is InChI=1S/C15H23NOS/c1-10-5-11(2)7-12(6-10)9-18-14(8-17)15(16)13-3-4-13/h5-7,13-15,17H,3-4,8-9,16H2,1-2H3. The van der Waals surface area contributed by atoms with Crippen LogP contribution in [0.4, 0.5) is 0 Å². The molecule has 1 fully saturated rings. The van der Waals surface area contributed by atoms with E-state index in [1.807, 2.05) is 0 Å². The zero-order valence-electron chi connectivity index (χ0n) is 11.2. The predicted molar refractivity (Wildman–Crippen MR) is 78.8 cm³/mol. The summed E-state index contributed by atoms with van der Waals surface area (Å²) in [6, 6.07) is 6.79. The van der Waals surface area contributed by atoms with Crippen molar-refractivity contribution in [3.8, 4) is 0 Å². The molecule has 0 saturated heterocycles. The average Bonchev–Trinajstić information content (AvgIpc) is 3.12. The van der Waals surface area contributed by atoms with Crippen molar-refractivity contribution in [2.45, 2.75) is 43.7 Å². The molecule has 0 amide bonds. The summed E-state index contributed by atoms with van der Waals surface area (Å²) in [5.41, 5.74) is 10.1. The summed E-state index contributed by atoms with van der Waals surface area (Å²) in [7, 11) is 0. The number of aliphatic hydroxyl groups is 1. The monoisotopic (exact) mass is 265 g/mol. The molecule has 2 unspecified atom stereocenters. The molecule has 0 aromatic heterocycles. The van der Waals surface area contributed by atoms with E-state index < -0.39 is 0 Å². The Labute approximate surface area is 114 Å². The van der Waals surface area contributed by atoms with E-state index in [1.165, 1.54) is 29.5 Å². The summed E-state index contributed by atoms with van der Waals surface area (Å²) in [5, 5.41) is 9.64. The van der Waals surface area contributed by atoms with Crippen molar-refractivity contribution in [1.82, 2.24) is 0 Å². The highest BCUT2D eigenvalue weighted by Gasteiger charge is 2.33. The predicted octanol–water partition coefficient (Wildman–Crippen LogP) is 2.63. The molecule has 2 atom stereocenters. The first-order valence-corrected chi connectivity index (χ1v) is 7.70. The Kier molecular flexibility index (Phi) is 4.71. The van der Waals surface area contributed by atoms with E-state index in [4.69, 9.17) is 5.73 Å². The van der Waals surface area contributed by atoms with Crippen LogP contribution in [0.1, 0.15) is 29.5 Å². The molecule has 1 aromatic rings. The second-order valence-corrected chi connectivity index (χ2v) is 6.67. The van der Waals surface area contributed by atoms with Gasteiger partial charge in [-0.05, 0) is 38.2 Å². The van der Waals surface area contributed by atoms with Crippen LogP contribution in [-0.2, 0) is 5.75 Å². The summed E-state index contributed by atoms with van der Waals surface area (Å²) in [6.07, 6.45) is 2.48. The van der Waals surface area contributed by atoms with E-state index in [0.29, 0.717) is 5.92 Å². The van der Waals surface area contributed by atoms with Gasteiger partial charge in [0, 0.05) is 17.0 Å². The van der Waals surface area contributed by atoms with Crippen LogP contribution >= 0.6 is 11.8 Å². The minimum Gasteiger partial charge on any atom is -0.395 e. The number of nitrogens with two attached hydrogens (primary N) is 1. The van der Waals surface area contributed by atoms with Crippen LogP contribution in [0.5, 0.6) is 0 Å². The number of thioether (sulfide) groups is 1. The molecule has 18 heavy (non-hydrogen) atoms. The van der Waals surface area contributed by atoms with E-state index in [1.54, 1.807) is 11.8 Å². The SMILES string of the molecule is Cc1cc(C)cc(CSC(CO)C(N)C2CC2)c1. The normalized spacial score (nSPS) is 18.7. The van der Waals surface area contributed by atoms with Gasteiger partial charge in [-0.2, -0.15) is 0 Å². The molecule has 2 rings (SSSR count). The first kappa shape index (κ1) is 13.9. The fourth-order valence-corrected chi connectivity index (χ4v) is 3.55. The Bertz CT molecular complexity index is 383. The van der Waals surface area contributed by atoms with Gasteiger partial charge in [0.2, 0.25) is 0 Å². The summed E-state index contributed by atoms with van der Waals surface area (Å²) in [4.78, 5) is 0. The van der Waals surface area contributed by atoms with Gasteiger partial charge in [-0.25, -0.2) is 0 Å². The van der Waals surface area contributed by atoms with Crippen LogP contribution in [0, 0.1) is 19.8 Å². The summed E-state index contributed by atoms with van der Waals surface area (Å²) < 4.78 is 0. The third kappa shape index (κ3) is 3.74. The maximum atomic E-state index is 9.46. The highest BCUT2D eigenvalue weighted by Crippen LogP contribution is 2.36. The molecular formula is C15H23NOS. The van der Waals surface area contributed by atoms with Crippen LogP contribution in [0.25, 0.3) is 0 Å². The molecule has 0 radical (unpaired) electrons. The van der Waals surface area contributed by atoms with E-state index in [9.17, 15) is 5.11 Å². The number of hydrogen-bond donors (Lipinski definition) is 2. The minimum atomic E-state index is 0.158. The second-order valence-electron chi connectivity index (χ2n) is 5.44. The first-order valence-electron chi connectivity index (χ1n) is 6.65. The van der Waals surface area contributed by atoms with Crippen molar-refractivity contribution in [3.63, 3.8) is 0 Å². The molecular weight excluding hydrogens is 242 g/mol. The summed E-state index contributed by atoms with van der Waals surface area (Å²) >= 11 is 1.79. The Hall–Kier alpha value is -0.510. The molecule has 0 bridgehead atoms. The number of hydrogen-bond acceptors (Lipinski definition) is 3. The summed E-state index contributed by atoms with van der Waals surface area (Å²) in [5.74, 6) is 1.59. The van der Waals surface area contributed by atoms with Crippen molar-refractivity contribution in [2.24, 2.45) is 11.7 Å². The lowest BCUT2D eigenvalue weighted by Gasteiger charge is -2.21. The molecule has 0 heterocycles. The Morgan fingerprint density at radius 1 is 1.28 bits per heavy atom. The smallest absolute Gasteiger partial charge is 0.0565 e. The third-order valence-electron chi connectivity index (χ3n) is 3.52. The van der Waals surface area contributed by atoms with Gasteiger partial charge in [-0.3, -0.25) is 0 Å². The fraction of sp³-hybridized carbons (Fsp3) is 0.600. The molecule has 2 nitrogen and oxygen atoms in total. The molecule has 100 valence electrons. The van der Waals surface area contributed by atoms with Gasteiger partial charge in [0.05, 0.1) is 6.61 Å². The largest absolute Gasteiger partial charge is 0.395 e. The van der Waals surface area contributed by atoms with Gasteiger partial charge in [0.25, 0.3) is 0 Å².